The summed E-state index contributed by atoms with van der Waals surface area (Å²) in [6.07, 6.45) is 12.7. The molecule has 2 saturated carbocycles. The van der Waals surface area contributed by atoms with Crippen molar-refractivity contribution in [1.29, 1.82) is 0 Å². The third-order valence-electron chi connectivity index (χ3n) is 11.2. The summed E-state index contributed by atoms with van der Waals surface area (Å²) in [4.78, 5) is 30.3. The Morgan fingerprint density at radius 3 is 2.44 bits per heavy atom. The molecule has 0 radical (unpaired) electrons. The fourth-order valence-electron chi connectivity index (χ4n) is 8.39. The zero-order valence-electron chi connectivity index (χ0n) is 25.7. The number of carbonyl (C=O) groups excluding carboxylic acids is 2. The number of piperazine rings is 1. The molecule has 6 heteroatoms. The maximum absolute atomic E-state index is 14.2. The van der Waals surface area contributed by atoms with Gasteiger partial charge in [-0.05, 0) is 87.8 Å². The SMILES string of the molecule is CC(=O)N1CCN(CC2(O)CCC3c4ccc(cc4C(=O)C4CCCCC4)CC(O)CCC(C)=CCCC32C)CC1. The molecule has 6 rings (SSSR count). The van der Waals surface area contributed by atoms with Crippen molar-refractivity contribution in [3.8, 4) is 0 Å². The Morgan fingerprint density at radius 1 is 1.00 bits per heavy atom. The van der Waals surface area contributed by atoms with Crippen LogP contribution in [-0.4, -0.2) is 76.1 Å². The van der Waals surface area contributed by atoms with Crippen molar-refractivity contribution in [1.82, 2.24) is 9.80 Å². The number of rotatable bonds is 4. The fourth-order valence-corrected chi connectivity index (χ4v) is 8.39. The summed E-state index contributed by atoms with van der Waals surface area (Å²) >= 11 is 0. The summed E-state index contributed by atoms with van der Waals surface area (Å²) in [6.45, 7) is 9.65. The lowest BCUT2D eigenvalue weighted by Crippen LogP contribution is -2.57. The molecule has 4 atom stereocenters. The number of ketones is 1. The third-order valence-corrected chi connectivity index (χ3v) is 11.2. The highest BCUT2D eigenvalue weighted by molar-refractivity contribution is 5.99. The molecule has 1 aromatic carbocycles. The summed E-state index contributed by atoms with van der Waals surface area (Å²) in [5.74, 6) is 0.563. The molecule has 41 heavy (non-hydrogen) atoms. The Balaban J connectivity index is 1.51. The van der Waals surface area contributed by atoms with Gasteiger partial charge in [-0.15, -0.1) is 0 Å². The molecule has 1 heterocycles. The number of aliphatic hydroxyl groups is 2. The third kappa shape index (κ3) is 6.50. The summed E-state index contributed by atoms with van der Waals surface area (Å²) in [5, 5.41) is 23.4. The van der Waals surface area contributed by atoms with E-state index in [0.29, 0.717) is 38.9 Å². The molecule has 3 fully saturated rings. The van der Waals surface area contributed by atoms with E-state index in [1.54, 1.807) is 6.92 Å². The van der Waals surface area contributed by atoms with Crippen LogP contribution in [0.5, 0.6) is 0 Å². The van der Waals surface area contributed by atoms with Crippen LogP contribution in [0.2, 0.25) is 0 Å². The molecule has 2 N–H and O–H groups in total. The second-order valence-electron chi connectivity index (χ2n) is 13.9. The first-order valence-corrected chi connectivity index (χ1v) is 16.3. The number of carbonyl (C=O) groups is 2. The van der Waals surface area contributed by atoms with Gasteiger partial charge in [0.05, 0.1) is 11.7 Å². The molecule has 1 aromatic rings. The Labute approximate surface area is 247 Å². The lowest BCUT2D eigenvalue weighted by atomic mass is 9.64. The largest absolute Gasteiger partial charge is 0.393 e. The Morgan fingerprint density at radius 2 is 1.73 bits per heavy atom. The van der Waals surface area contributed by atoms with Gasteiger partial charge in [0.2, 0.25) is 5.91 Å². The number of Topliss-reactive ketones (excluding diaryl/α,β-unsaturated/α-hetero) is 1. The molecule has 4 aliphatic carbocycles. The van der Waals surface area contributed by atoms with Crippen LogP contribution >= 0.6 is 0 Å². The van der Waals surface area contributed by atoms with Gasteiger partial charge in [-0.25, -0.2) is 0 Å². The Bertz CT molecular complexity index is 1130. The van der Waals surface area contributed by atoms with Crippen LogP contribution in [0, 0.1) is 11.3 Å². The highest BCUT2D eigenvalue weighted by Crippen LogP contribution is 2.59. The average molecular weight is 565 g/mol. The summed E-state index contributed by atoms with van der Waals surface area (Å²) in [6, 6.07) is 6.40. The number of hydrogen-bond acceptors (Lipinski definition) is 5. The van der Waals surface area contributed by atoms with Crippen LogP contribution in [0.1, 0.15) is 119 Å². The van der Waals surface area contributed by atoms with E-state index < -0.39 is 17.1 Å². The average Bonchev–Trinajstić information content (AvgIpc) is 3.21. The predicted octanol–water partition coefficient (Wildman–Crippen LogP) is 5.65. The molecular weight excluding hydrogens is 512 g/mol. The van der Waals surface area contributed by atoms with E-state index >= 15 is 0 Å². The predicted molar refractivity (Wildman–Crippen MR) is 163 cm³/mol. The monoisotopic (exact) mass is 564 g/mol. The number of allylic oxidation sites excluding steroid dienone is 2. The van der Waals surface area contributed by atoms with Crippen LogP contribution in [0.4, 0.5) is 0 Å². The van der Waals surface area contributed by atoms with Gasteiger partial charge in [-0.1, -0.05) is 50.0 Å². The van der Waals surface area contributed by atoms with E-state index in [1.165, 1.54) is 12.0 Å². The standard InChI is InChI=1S/C35H52N2O4/c1-25-8-7-16-34(3)32(15-17-35(34,41)24-36-18-20-37(21-19-36)26(2)38)30-14-12-27(22-29(39)13-11-25)23-31(30)33(40)28-9-5-4-6-10-28/h8,12,14,23,28-29,32,39,41H,4-7,9-11,13,15-22,24H2,1-3H3. The number of benzene rings is 1. The van der Waals surface area contributed by atoms with Crippen molar-refractivity contribution in [3.05, 3.63) is 46.5 Å². The number of amides is 1. The van der Waals surface area contributed by atoms with Gasteiger partial charge in [0.25, 0.3) is 0 Å². The van der Waals surface area contributed by atoms with Gasteiger partial charge in [0.15, 0.2) is 5.78 Å². The van der Waals surface area contributed by atoms with Gasteiger partial charge >= 0.3 is 0 Å². The first-order valence-electron chi connectivity index (χ1n) is 16.3. The van der Waals surface area contributed by atoms with Crippen molar-refractivity contribution in [2.45, 2.75) is 115 Å². The van der Waals surface area contributed by atoms with Crippen LogP contribution in [0.25, 0.3) is 0 Å². The Kier molecular flexibility index (Phi) is 9.42. The number of hydrogen-bond donors (Lipinski definition) is 2. The smallest absolute Gasteiger partial charge is 0.219 e. The maximum atomic E-state index is 14.2. The van der Waals surface area contributed by atoms with E-state index in [-0.39, 0.29) is 23.5 Å². The van der Waals surface area contributed by atoms with Crippen molar-refractivity contribution in [2.75, 3.05) is 32.7 Å². The topological polar surface area (TPSA) is 81.1 Å². The zero-order chi connectivity index (χ0) is 29.2. The minimum Gasteiger partial charge on any atom is -0.393 e. The Hall–Kier alpha value is -2.02. The molecule has 1 aliphatic heterocycles. The molecule has 0 aromatic heterocycles. The zero-order valence-corrected chi connectivity index (χ0v) is 25.7. The second-order valence-corrected chi connectivity index (χ2v) is 13.9. The minimum atomic E-state index is -0.880. The van der Waals surface area contributed by atoms with Crippen LogP contribution in [0.15, 0.2) is 29.8 Å². The quantitative estimate of drug-likeness (QED) is 0.365. The van der Waals surface area contributed by atoms with Gasteiger partial charge in [-0.2, -0.15) is 0 Å². The first-order chi connectivity index (χ1) is 19.6. The van der Waals surface area contributed by atoms with E-state index in [1.807, 2.05) is 4.90 Å². The van der Waals surface area contributed by atoms with Crippen molar-refractivity contribution in [2.24, 2.45) is 11.3 Å². The summed E-state index contributed by atoms with van der Waals surface area (Å²) < 4.78 is 0. The van der Waals surface area contributed by atoms with Crippen LogP contribution in [-0.2, 0) is 11.2 Å². The number of β-amino-alcohol motifs (C(OH)–C–C–N with tert-alkyl or cyclic N) is 1. The molecule has 226 valence electrons. The maximum Gasteiger partial charge on any atom is 0.219 e. The normalized spacial score (nSPS) is 32.3. The number of nitrogens with zero attached hydrogens (tertiary/aromatic N) is 2. The minimum absolute atomic E-state index is 0.0799. The first kappa shape index (κ1) is 30.4. The van der Waals surface area contributed by atoms with Crippen LogP contribution < -0.4 is 0 Å². The molecule has 0 spiro atoms. The fraction of sp³-hybridized carbons (Fsp3) is 0.714. The van der Waals surface area contributed by atoms with E-state index in [0.717, 1.165) is 81.1 Å². The molecule has 4 unspecified atom stereocenters. The van der Waals surface area contributed by atoms with Crippen molar-refractivity contribution < 1.29 is 19.8 Å². The van der Waals surface area contributed by atoms with E-state index in [2.05, 4.69) is 43.0 Å². The molecule has 5 aliphatic rings. The highest BCUT2D eigenvalue weighted by atomic mass is 16.3. The number of aliphatic hydroxyl groups excluding tert-OH is 1. The second kappa shape index (κ2) is 12.7. The van der Waals surface area contributed by atoms with E-state index in [9.17, 15) is 19.8 Å². The molecule has 6 nitrogen and oxygen atoms in total. The molecule has 2 bridgehead atoms. The molecular formula is C35H52N2O4. The van der Waals surface area contributed by atoms with Gasteiger partial charge in [0, 0.05) is 56.5 Å². The van der Waals surface area contributed by atoms with Gasteiger partial charge in [0.1, 0.15) is 0 Å². The molecule has 1 amide bonds. The lowest BCUT2D eigenvalue weighted by Gasteiger charge is -2.47. The number of fused-ring (bicyclic) bond motifs is 8. The van der Waals surface area contributed by atoms with Crippen LogP contribution in [0.3, 0.4) is 0 Å². The van der Waals surface area contributed by atoms with E-state index in [4.69, 9.17) is 0 Å². The van der Waals surface area contributed by atoms with Gasteiger partial charge in [-0.3, -0.25) is 14.5 Å². The summed E-state index contributed by atoms with van der Waals surface area (Å²) in [7, 11) is 0. The van der Waals surface area contributed by atoms with Crippen molar-refractivity contribution >= 4 is 11.7 Å². The van der Waals surface area contributed by atoms with Crippen molar-refractivity contribution in [3.63, 3.8) is 0 Å². The lowest BCUT2D eigenvalue weighted by molar-refractivity contribution is -0.132. The molecule has 1 saturated heterocycles. The summed E-state index contributed by atoms with van der Waals surface area (Å²) in [5.41, 5.74) is 3.02. The highest BCUT2D eigenvalue weighted by Gasteiger charge is 2.57. The van der Waals surface area contributed by atoms with Gasteiger partial charge < -0.3 is 15.1 Å².